The molecule has 0 radical (unpaired) electrons. The van der Waals surface area contributed by atoms with Crippen LogP contribution >= 0.6 is 31.9 Å². The summed E-state index contributed by atoms with van der Waals surface area (Å²) in [4.78, 5) is 8.89. The van der Waals surface area contributed by atoms with Crippen molar-refractivity contribution < 1.29 is 4.74 Å². The lowest BCUT2D eigenvalue weighted by molar-refractivity contribution is 0.483. The molecule has 0 spiro atoms. The van der Waals surface area contributed by atoms with E-state index < -0.39 is 0 Å². The maximum atomic E-state index is 6.08. The first-order valence-electron chi connectivity index (χ1n) is 8.29. The summed E-state index contributed by atoms with van der Waals surface area (Å²) in [6, 6.07) is 23.7. The van der Waals surface area contributed by atoms with Crippen molar-refractivity contribution in [3.8, 4) is 34.0 Å². The molecule has 0 N–H and O–H groups in total. The zero-order valence-corrected chi connectivity index (χ0v) is 17.3. The quantitative estimate of drug-likeness (QED) is 0.311. The van der Waals surface area contributed by atoms with E-state index in [2.05, 4.69) is 41.8 Å². The summed E-state index contributed by atoms with van der Waals surface area (Å²) >= 11 is 6.82. The molecule has 0 saturated carbocycles. The lowest BCUT2D eigenvalue weighted by atomic mass is 10.1. The molecule has 0 aliphatic heterocycles. The Morgan fingerprint density at radius 1 is 0.593 bits per heavy atom. The number of aromatic nitrogens is 2. The summed E-state index contributed by atoms with van der Waals surface area (Å²) in [5, 5.41) is 0. The van der Waals surface area contributed by atoms with Crippen molar-refractivity contribution in [3.05, 3.63) is 94.1 Å². The van der Waals surface area contributed by atoms with Crippen molar-refractivity contribution in [2.24, 2.45) is 0 Å². The fourth-order valence-electron chi connectivity index (χ4n) is 2.67. The van der Waals surface area contributed by atoms with E-state index in [0.717, 1.165) is 43.0 Å². The van der Waals surface area contributed by atoms with Gasteiger partial charge in [-0.2, -0.15) is 0 Å². The average Bonchev–Trinajstić information content (AvgIpc) is 2.69. The van der Waals surface area contributed by atoms with Crippen LogP contribution in [0.4, 0.5) is 0 Å². The molecule has 2 heterocycles. The van der Waals surface area contributed by atoms with Crippen LogP contribution in [0.1, 0.15) is 0 Å². The molecule has 2 aromatic heterocycles. The van der Waals surface area contributed by atoms with Crippen molar-refractivity contribution in [2.45, 2.75) is 0 Å². The van der Waals surface area contributed by atoms with Crippen LogP contribution in [0.2, 0.25) is 0 Å². The maximum Gasteiger partial charge on any atom is 0.128 e. The summed E-state index contributed by atoms with van der Waals surface area (Å²) in [7, 11) is 0. The molecule has 3 nitrogen and oxygen atoms in total. The number of rotatable bonds is 4. The van der Waals surface area contributed by atoms with E-state index in [1.807, 2.05) is 72.8 Å². The number of halogens is 2. The van der Waals surface area contributed by atoms with Gasteiger partial charge in [0, 0.05) is 32.5 Å². The maximum absolute atomic E-state index is 6.08. The third-order valence-electron chi connectivity index (χ3n) is 3.95. The van der Waals surface area contributed by atoms with Gasteiger partial charge in [0.25, 0.3) is 0 Å². The Balaban J connectivity index is 1.59. The van der Waals surface area contributed by atoms with E-state index >= 15 is 0 Å². The second-order valence-electron chi connectivity index (χ2n) is 5.88. The smallest absolute Gasteiger partial charge is 0.128 e. The van der Waals surface area contributed by atoms with Crippen molar-refractivity contribution in [3.63, 3.8) is 0 Å². The van der Waals surface area contributed by atoms with E-state index in [-0.39, 0.29) is 0 Å². The summed E-state index contributed by atoms with van der Waals surface area (Å²) < 4.78 is 7.99. The zero-order chi connectivity index (χ0) is 18.6. The van der Waals surface area contributed by atoms with Gasteiger partial charge in [0.05, 0.1) is 11.4 Å². The molecule has 0 saturated heterocycles. The van der Waals surface area contributed by atoms with Crippen LogP contribution in [0.15, 0.2) is 94.1 Å². The molecular formula is C22H14Br2N2O. The normalized spacial score (nSPS) is 10.6. The predicted octanol–water partition coefficient (Wildman–Crippen LogP) is 7.13. The minimum absolute atomic E-state index is 0.762. The molecule has 0 unspecified atom stereocenters. The molecule has 4 rings (SSSR count). The molecule has 27 heavy (non-hydrogen) atoms. The van der Waals surface area contributed by atoms with E-state index in [0.29, 0.717) is 0 Å². The van der Waals surface area contributed by atoms with Gasteiger partial charge in [-0.15, -0.1) is 0 Å². The SMILES string of the molecule is Brc1ccc(-c2cccc(Oc3cccc(-c4ccc(Br)cn4)c3)c2)nc1. The summed E-state index contributed by atoms with van der Waals surface area (Å²) in [5.74, 6) is 1.52. The van der Waals surface area contributed by atoms with Crippen LogP contribution in [-0.4, -0.2) is 9.97 Å². The molecule has 5 heteroatoms. The first kappa shape index (κ1) is 17.9. The zero-order valence-electron chi connectivity index (χ0n) is 14.1. The number of ether oxygens (including phenoxy) is 1. The Morgan fingerprint density at radius 2 is 1.07 bits per heavy atom. The van der Waals surface area contributed by atoms with Crippen molar-refractivity contribution in [2.75, 3.05) is 0 Å². The lowest BCUT2D eigenvalue weighted by Gasteiger charge is -2.09. The molecule has 132 valence electrons. The molecule has 4 aromatic rings. The molecule has 0 bridgehead atoms. The topological polar surface area (TPSA) is 35.0 Å². The standard InChI is InChI=1S/C22H14Br2N2O/c23-17-7-9-21(25-13-17)15-3-1-5-19(11-15)27-20-6-2-4-16(12-20)22-10-8-18(24)14-26-22/h1-14H. The molecule has 2 aromatic carbocycles. The van der Waals surface area contributed by atoms with Gasteiger partial charge in [-0.05, 0) is 80.4 Å². The highest BCUT2D eigenvalue weighted by molar-refractivity contribution is 9.10. The molecular weight excluding hydrogens is 468 g/mol. The van der Waals surface area contributed by atoms with Gasteiger partial charge < -0.3 is 4.74 Å². The molecule has 0 amide bonds. The van der Waals surface area contributed by atoms with Gasteiger partial charge in [-0.1, -0.05) is 24.3 Å². The predicted molar refractivity (Wildman–Crippen MR) is 115 cm³/mol. The van der Waals surface area contributed by atoms with E-state index in [4.69, 9.17) is 4.74 Å². The van der Waals surface area contributed by atoms with Gasteiger partial charge in [-0.25, -0.2) is 0 Å². The Bertz CT molecular complexity index is 977. The third-order valence-corrected chi connectivity index (χ3v) is 4.89. The van der Waals surface area contributed by atoms with Crippen molar-refractivity contribution in [1.82, 2.24) is 9.97 Å². The lowest BCUT2D eigenvalue weighted by Crippen LogP contribution is -1.88. The highest BCUT2D eigenvalue weighted by atomic mass is 79.9. The van der Waals surface area contributed by atoms with Gasteiger partial charge in [0.1, 0.15) is 11.5 Å². The van der Waals surface area contributed by atoms with Crippen LogP contribution < -0.4 is 4.74 Å². The Hall–Kier alpha value is -2.50. The van der Waals surface area contributed by atoms with Crippen LogP contribution in [-0.2, 0) is 0 Å². The van der Waals surface area contributed by atoms with Gasteiger partial charge in [-0.3, -0.25) is 9.97 Å². The number of nitrogens with zero attached hydrogens (tertiary/aromatic N) is 2. The average molecular weight is 482 g/mol. The van der Waals surface area contributed by atoms with Crippen molar-refractivity contribution >= 4 is 31.9 Å². The molecule has 0 atom stereocenters. The second kappa shape index (κ2) is 8.03. The summed E-state index contributed by atoms with van der Waals surface area (Å²) in [6.07, 6.45) is 3.58. The first-order chi connectivity index (χ1) is 13.2. The van der Waals surface area contributed by atoms with E-state index in [9.17, 15) is 0 Å². The minimum Gasteiger partial charge on any atom is -0.457 e. The first-order valence-corrected chi connectivity index (χ1v) is 9.88. The Labute approximate surface area is 174 Å². The molecule has 0 aliphatic carbocycles. The number of benzene rings is 2. The Morgan fingerprint density at radius 3 is 1.48 bits per heavy atom. The monoisotopic (exact) mass is 480 g/mol. The molecule has 0 fully saturated rings. The number of hydrogen-bond acceptors (Lipinski definition) is 3. The van der Waals surface area contributed by atoms with Crippen LogP contribution in [0.25, 0.3) is 22.5 Å². The van der Waals surface area contributed by atoms with Gasteiger partial charge >= 0.3 is 0 Å². The fourth-order valence-corrected chi connectivity index (χ4v) is 3.14. The number of hydrogen-bond donors (Lipinski definition) is 0. The summed E-state index contributed by atoms with van der Waals surface area (Å²) in [6.45, 7) is 0. The highest BCUT2D eigenvalue weighted by Gasteiger charge is 2.05. The van der Waals surface area contributed by atoms with E-state index in [1.54, 1.807) is 12.4 Å². The Kier molecular flexibility index (Phi) is 5.32. The molecule has 0 aliphatic rings. The fraction of sp³-hybridized carbons (Fsp3) is 0. The van der Waals surface area contributed by atoms with Gasteiger partial charge in [0.2, 0.25) is 0 Å². The van der Waals surface area contributed by atoms with Crippen LogP contribution in [0, 0.1) is 0 Å². The number of pyridine rings is 2. The minimum atomic E-state index is 0.762. The van der Waals surface area contributed by atoms with Crippen LogP contribution in [0.5, 0.6) is 11.5 Å². The largest absolute Gasteiger partial charge is 0.457 e. The highest BCUT2D eigenvalue weighted by Crippen LogP contribution is 2.29. The van der Waals surface area contributed by atoms with E-state index in [1.165, 1.54) is 0 Å². The third kappa shape index (κ3) is 4.43. The van der Waals surface area contributed by atoms with Crippen LogP contribution in [0.3, 0.4) is 0 Å². The van der Waals surface area contributed by atoms with Crippen molar-refractivity contribution in [1.29, 1.82) is 0 Å². The summed E-state index contributed by atoms with van der Waals surface area (Å²) in [5.41, 5.74) is 3.81. The second-order valence-corrected chi connectivity index (χ2v) is 7.71. The van der Waals surface area contributed by atoms with Gasteiger partial charge in [0.15, 0.2) is 0 Å².